The molecule has 13 heavy (non-hydrogen) atoms. The van der Waals surface area contributed by atoms with E-state index in [0.717, 1.165) is 19.6 Å². The number of hydrogen-bond acceptors (Lipinski definition) is 2. The third-order valence-corrected chi connectivity index (χ3v) is 2.17. The van der Waals surface area contributed by atoms with Crippen LogP contribution >= 0.6 is 0 Å². The summed E-state index contributed by atoms with van der Waals surface area (Å²) in [6, 6.07) is -0.699. The molecule has 4 heteroatoms. The molecule has 0 aliphatic carbocycles. The first-order valence-electron chi connectivity index (χ1n) is 4.85. The fraction of sp³-hybridized carbons (Fsp3) is 1.00. The van der Waals surface area contributed by atoms with Gasteiger partial charge in [0.05, 0.1) is 6.04 Å². The molecule has 0 aliphatic rings. The van der Waals surface area contributed by atoms with Crippen LogP contribution in [-0.4, -0.2) is 43.5 Å². The Kier molecular flexibility index (Phi) is 7.09. The fourth-order valence-corrected chi connectivity index (χ4v) is 1.08. The highest BCUT2D eigenvalue weighted by Crippen LogP contribution is 1.98. The summed E-state index contributed by atoms with van der Waals surface area (Å²) in [5.41, 5.74) is 0. The Hall–Kier alpha value is -0.220. The van der Waals surface area contributed by atoms with Crippen LogP contribution in [0.4, 0.5) is 8.78 Å². The Morgan fingerprint density at radius 1 is 1.23 bits per heavy atom. The van der Waals surface area contributed by atoms with E-state index in [0.29, 0.717) is 6.54 Å². The van der Waals surface area contributed by atoms with E-state index < -0.39 is 12.5 Å². The second kappa shape index (κ2) is 7.21. The molecular weight excluding hydrogens is 174 g/mol. The lowest BCUT2D eigenvalue weighted by Gasteiger charge is -2.19. The molecule has 0 aromatic rings. The van der Waals surface area contributed by atoms with E-state index in [1.54, 1.807) is 0 Å². The minimum absolute atomic E-state index is 0.632. The molecule has 0 saturated heterocycles. The number of nitrogens with zero attached hydrogens (tertiary/aromatic N) is 1. The largest absolute Gasteiger partial charge is 0.308 e. The second-order valence-electron chi connectivity index (χ2n) is 3.10. The predicted octanol–water partition coefficient (Wildman–Crippen LogP) is 1.57. The lowest BCUT2D eigenvalue weighted by Crippen LogP contribution is -2.39. The van der Waals surface area contributed by atoms with E-state index in [9.17, 15) is 8.78 Å². The van der Waals surface area contributed by atoms with Gasteiger partial charge < -0.3 is 10.2 Å². The van der Waals surface area contributed by atoms with E-state index in [2.05, 4.69) is 24.1 Å². The Labute approximate surface area is 79.3 Å². The van der Waals surface area contributed by atoms with Crippen LogP contribution in [-0.2, 0) is 0 Å². The molecule has 0 fully saturated rings. The van der Waals surface area contributed by atoms with Gasteiger partial charge in [-0.3, -0.25) is 0 Å². The number of nitrogens with one attached hydrogen (secondary N) is 1. The van der Waals surface area contributed by atoms with Crippen molar-refractivity contribution >= 4 is 0 Å². The van der Waals surface area contributed by atoms with Gasteiger partial charge in [-0.2, -0.15) is 0 Å². The molecular formula is C9H20F2N2. The number of likely N-dealkylation sites (N-methyl/N-ethyl adjacent to an activating group) is 1. The maximum atomic E-state index is 12.0. The standard InChI is InChI=1S/C9H20F2N2/c1-4-13(5-2)7-6-12-8(3)9(10)11/h8-9,12H,4-7H2,1-3H3. The highest BCUT2D eigenvalue weighted by Gasteiger charge is 2.12. The normalized spacial score (nSPS) is 14.1. The van der Waals surface area contributed by atoms with E-state index in [-0.39, 0.29) is 0 Å². The molecule has 0 heterocycles. The Morgan fingerprint density at radius 3 is 2.15 bits per heavy atom. The van der Waals surface area contributed by atoms with Gasteiger partial charge in [0.25, 0.3) is 6.43 Å². The molecule has 0 spiro atoms. The van der Waals surface area contributed by atoms with Crippen molar-refractivity contribution < 1.29 is 8.78 Å². The minimum atomic E-state index is -2.27. The van der Waals surface area contributed by atoms with Crippen LogP contribution in [0, 0.1) is 0 Å². The van der Waals surface area contributed by atoms with E-state index in [4.69, 9.17) is 0 Å². The topological polar surface area (TPSA) is 15.3 Å². The summed E-state index contributed by atoms with van der Waals surface area (Å²) in [5, 5.41) is 2.79. The van der Waals surface area contributed by atoms with Gasteiger partial charge in [0.2, 0.25) is 0 Å². The third kappa shape index (κ3) is 5.93. The molecule has 1 atom stereocenters. The maximum absolute atomic E-state index is 12.0. The minimum Gasteiger partial charge on any atom is -0.308 e. The zero-order valence-electron chi connectivity index (χ0n) is 8.69. The van der Waals surface area contributed by atoms with Crippen LogP contribution < -0.4 is 5.32 Å². The average Bonchev–Trinajstić information content (AvgIpc) is 2.12. The quantitative estimate of drug-likeness (QED) is 0.662. The number of alkyl halides is 2. The smallest absolute Gasteiger partial charge is 0.253 e. The van der Waals surface area contributed by atoms with Gasteiger partial charge in [-0.05, 0) is 20.0 Å². The summed E-state index contributed by atoms with van der Waals surface area (Å²) in [4.78, 5) is 2.20. The Bertz CT molecular complexity index is 114. The van der Waals surface area contributed by atoms with Crippen molar-refractivity contribution in [3.63, 3.8) is 0 Å². The summed E-state index contributed by atoms with van der Waals surface area (Å²) >= 11 is 0. The molecule has 0 bridgehead atoms. The first-order chi connectivity index (χ1) is 6.11. The van der Waals surface area contributed by atoms with E-state index >= 15 is 0 Å². The molecule has 0 amide bonds. The molecule has 1 unspecified atom stereocenters. The van der Waals surface area contributed by atoms with Gasteiger partial charge in [0.15, 0.2) is 0 Å². The van der Waals surface area contributed by atoms with Gasteiger partial charge >= 0.3 is 0 Å². The summed E-state index contributed by atoms with van der Waals surface area (Å²) in [6.45, 7) is 9.06. The van der Waals surface area contributed by atoms with Crippen molar-refractivity contribution in [2.75, 3.05) is 26.2 Å². The Balaban J connectivity index is 3.43. The zero-order chi connectivity index (χ0) is 10.3. The third-order valence-electron chi connectivity index (χ3n) is 2.17. The molecule has 0 aromatic heterocycles. The van der Waals surface area contributed by atoms with Crippen molar-refractivity contribution in [1.29, 1.82) is 0 Å². The number of hydrogen-bond donors (Lipinski definition) is 1. The van der Waals surface area contributed by atoms with Crippen molar-refractivity contribution in [3.8, 4) is 0 Å². The van der Waals surface area contributed by atoms with Crippen molar-refractivity contribution in [2.45, 2.75) is 33.2 Å². The fourth-order valence-electron chi connectivity index (χ4n) is 1.08. The molecule has 0 radical (unpaired) electrons. The zero-order valence-corrected chi connectivity index (χ0v) is 8.69. The molecule has 1 N–H and O–H groups in total. The lowest BCUT2D eigenvalue weighted by atomic mass is 10.3. The van der Waals surface area contributed by atoms with Crippen LogP contribution in [0.3, 0.4) is 0 Å². The van der Waals surface area contributed by atoms with Crippen LogP contribution in [0.1, 0.15) is 20.8 Å². The molecule has 0 aliphatic heterocycles. The molecule has 0 rings (SSSR count). The summed E-state index contributed by atoms with van der Waals surface area (Å²) in [6.07, 6.45) is -2.27. The first-order valence-corrected chi connectivity index (χ1v) is 4.85. The van der Waals surface area contributed by atoms with Crippen molar-refractivity contribution in [1.82, 2.24) is 10.2 Å². The summed E-state index contributed by atoms with van der Waals surface area (Å²) < 4.78 is 24.1. The molecule has 80 valence electrons. The Morgan fingerprint density at radius 2 is 1.77 bits per heavy atom. The number of rotatable bonds is 7. The lowest BCUT2D eigenvalue weighted by molar-refractivity contribution is 0.104. The monoisotopic (exact) mass is 194 g/mol. The van der Waals surface area contributed by atoms with Gasteiger partial charge in [0, 0.05) is 13.1 Å². The van der Waals surface area contributed by atoms with Crippen LogP contribution in [0.2, 0.25) is 0 Å². The second-order valence-corrected chi connectivity index (χ2v) is 3.10. The van der Waals surface area contributed by atoms with E-state index in [1.807, 2.05) is 0 Å². The van der Waals surface area contributed by atoms with Gasteiger partial charge in [0.1, 0.15) is 0 Å². The van der Waals surface area contributed by atoms with Gasteiger partial charge in [-0.1, -0.05) is 13.8 Å². The van der Waals surface area contributed by atoms with Gasteiger partial charge in [-0.15, -0.1) is 0 Å². The van der Waals surface area contributed by atoms with Crippen molar-refractivity contribution in [3.05, 3.63) is 0 Å². The van der Waals surface area contributed by atoms with Crippen LogP contribution in [0.15, 0.2) is 0 Å². The summed E-state index contributed by atoms with van der Waals surface area (Å²) in [7, 11) is 0. The highest BCUT2D eigenvalue weighted by atomic mass is 19.3. The predicted molar refractivity (Wildman–Crippen MR) is 51.3 cm³/mol. The average molecular weight is 194 g/mol. The van der Waals surface area contributed by atoms with Crippen LogP contribution in [0.25, 0.3) is 0 Å². The summed E-state index contributed by atoms with van der Waals surface area (Å²) in [5.74, 6) is 0. The highest BCUT2D eigenvalue weighted by molar-refractivity contribution is 4.64. The SMILES string of the molecule is CCN(CC)CCNC(C)C(F)F. The first kappa shape index (κ1) is 12.8. The molecule has 0 saturated carbocycles. The van der Waals surface area contributed by atoms with Crippen LogP contribution in [0.5, 0.6) is 0 Å². The van der Waals surface area contributed by atoms with Crippen molar-refractivity contribution in [2.24, 2.45) is 0 Å². The molecule has 2 nitrogen and oxygen atoms in total. The maximum Gasteiger partial charge on any atom is 0.253 e. The number of halogens is 2. The van der Waals surface area contributed by atoms with Gasteiger partial charge in [-0.25, -0.2) is 8.78 Å². The van der Waals surface area contributed by atoms with E-state index in [1.165, 1.54) is 6.92 Å². The molecule has 0 aromatic carbocycles.